The zero-order chi connectivity index (χ0) is 26.2. The Morgan fingerprint density at radius 1 is 0.833 bits per heavy atom. The van der Waals surface area contributed by atoms with Crippen molar-refractivity contribution in [2.75, 3.05) is 37.7 Å². The zero-order valence-electron chi connectivity index (χ0n) is 23.0. The Balaban J connectivity index is 2.42. The number of benzene rings is 2. The molecule has 0 atom stereocenters. The lowest BCUT2D eigenvalue weighted by molar-refractivity contribution is 0.0497. The minimum absolute atomic E-state index is 0.268. The Morgan fingerprint density at radius 2 is 1.50 bits per heavy atom. The standard InChI is InChI=1S/C31H47N3O2/c1-5-8-9-16-24-36-31(35)28-19-13-12-18-27(28)30(33-23-15-11-10-14-22-32)26-20-17-21-29(25(26)4)34(6-2)7-3/h12-13,17-21H,5-11,14-16,22-24,32H2,1-4H3. The zero-order valence-corrected chi connectivity index (χ0v) is 23.0. The third kappa shape index (κ3) is 8.77. The molecule has 5 nitrogen and oxygen atoms in total. The molecule has 0 radical (unpaired) electrons. The molecule has 0 amide bonds. The number of anilines is 1. The summed E-state index contributed by atoms with van der Waals surface area (Å²) in [4.78, 5) is 20.6. The Morgan fingerprint density at radius 3 is 2.19 bits per heavy atom. The Kier molecular flexibility index (Phi) is 13.9. The highest BCUT2D eigenvalue weighted by Gasteiger charge is 2.20. The second-order valence-corrected chi connectivity index (χ2v) is 9.30. The summed E-state index contributed by atoms with van der Waals surface area (Å²) in [5, 5.41) is 0. The van der Waals surface area contributed by atoms with Gasteiger partial charge in [0, 0.05) is 36.4 Å². The molecule has 0 aliphatic rings. The maximum Gasteiger partial charge on any atom is 0.338 e. The first-order chi connectivity index (χ1) is 17.6. The predicted octanol–water partition coefficient (Wildman–Crippen LogP) is 6.93. The molecule has 2 rings (SSSR count). The van der Waals surface area contributed by atoms with Gasteiger partial charge in [-0.2, -0.15) is 0 Å². The number of ether oxygens (including phenoxy) is 1. The summed E-state index contributed by atoms with van der Waals surface area (Å²) < 4.78 is 5.68. The number of esters is 1. The Labute approximate surface area is 219 Å². The van der Waals surface area contributed by atoms with Gasteiger partial charge in [0.25, 0.3) is 0 Å². The van der Waals surface area contributed by atoms with Gasteiger partial charge in [-0.3, -0.25) is 4.99 Å². The summed E-state index contributed by atoms with van der Waals surface area (Å²) in [5.74, 6) is -0.268. The van der Waals surface area contributed by atoms with E-state index in [2.05, 4.69) is 50.8 Å². The van der Waals surface area contributed by atoms with Crippen LogP contribution in [-0.4, -0.2) is 44.5 Å². The molecular formula is C31H47N3O2. The fraction of sp³-hybridized carbons (Fsp3) is 0.548. The maximum absolute atomic E-state index is 13.1. The van der Waals surface area contributed by atoms with E-state index in [9.17, 15) is 4.79 Å². The van der Waals surface area contributed by atoms with Gasteiger partial charge in [0.1, 0.15) is 0 Å². The molecule has 0 saturated carbocycles. The van der Waals surface area contributed by atoms with Gasteiger partial charge in [-0.05, 0) is 64.3 Å². The fourth-order valence-corrected chi connectivity index (χ4v) is 4.54. The van der Waals surface area contributed by atoms with E-state index < -0.39 is 0 Å². The highest BCUT2D eigenvalue weighted by Crippen LogP contribution is 2.27. The molecule has 2 aromatic carbocycles. The summed E-state index contributed by atoms with van der Waals surface area (Å²) in [6.07, 6.45) is 8.59. The molecule has 0 saturated heterocycles. The van der Waals surface area contributed by atoms with Gasteiger partial charge in [0.15, 0.2) is 0 Å². The molecule has 2 N–H and O–H groups in total. The van der Waals surface area contributed by atoms with Gasteiger partial charge in [-0.15, -0.1) is 0 Å². The van der Waals surface area contributed by atoms with Crippen LogP contribution in [0.4, 0.5) is 5.69 Å². The van der Waals surface area contributed by atoms with E-state index in [1.54, 1.807) is 0 Å². The number of nitrogens with zero attached hydrogens (tertiary/aromatic N) is 2. The van der Waals surface area contributed by atoms with Crippen LogP contribution in [0.25, 0.3) is 0 Å². The van der Waals surface area contributed by atoms with Crippen molar-refractivity contribution in [1.82, 2.24) is 0 Å². The average Bonchev–Trinajstić information content (AvgIpc) is 2.90. The van der Waals surface area contributed by atoms with Crippen molar-refractivity contribution in [3.63, 3.8) is 0 Å². The molecule has 36 heavy (non-hydrogen) atoms. The summed E-state index contributed by atoms with van der Waals surface area (Å²) in [6.45, 7) is 12.5. The summed E-state index contributed by atoms with van der Waals surface area (Å²) in [5.41, 5.74) is 11.4. The van der Waals surface area contributed by atoms with Crippen LogP contribution < -0.4 is 10.6 Å². The molecule has 0 bridgehead atoms. The van der Waals surface area contributed by atoms with E-state index in [4.69, 9.17) is 15.5 Å². The maximum atomic E-state index is 13.1. The number of carbonyl (C=O) groups is 1. The Hall–Kier alpha value is -2.66. The molecule has 0 spiro atoms. The lowest BCUT2D eigenvalue weighted by Crippen LogP contribution is -2.24. The molecule has 198 valence electrons. The monoisotopic (exact) mass is 493 g/mol. The predicted molar refractivity (Wildman–Crippen MR) is 154 cm³/mol. The van der Waals surface area contributed by atoms with E-state index in [-0.39, 0.29) is 5.97 Å². The van der Waals surface area contributed by atoms with Crippen LogP contribution in [0.1, 0.15) is 99.2 Å². The molecule has 0 fully saturated rings. The SMILES string of the molecule is CCCCCCOC(=O)c1ccccc1C(=NCCCCCCN)c1cccc(N(CC)CC)c1C. The molecular weight excluding hydrogens is 446 g/mol. The van der Waals surface area contributed by atoms with Crippen molar-refractivity contribution < 1.29 is 9.53 Å². The van der Waals surface area contributed by atoms with Crippen LogP contribution in [0.5, 0.6) is 0 Å². The van der Waals surface area contributed by atoms with E-state index in [0.717, 1.165) is 88.0 Å². The highest BCUT2D eigenvalue weighted by molar-refractivity contribution is 6.18. The average molecular weight is 494 g/mol. The first-order valence-corrected chi connectivity index (χ1v) is 13.9. The quantitative estimate of drug-likeness (QED) is 0.147. The van der Waals surface area contributed by atoms with Crippen molar-refractivity contribution in [2.45, 2.75) is 79.1 Å². The normalized spacial score (nSPS) is 11.5. The number of rotatable bonds is 17. The van der Waals surface area contributed by atoms with Crippen LogP contribution >= 0.6 is 0 Å². The number of nitrogens with two attached hydrogens (primary N) is 1. The van der Waals surface area contributed by atoms with Crippen molar-refractivity contribution in [2.24, 2.45) is 10.7 Å². The van der Waals surface area contributed by atoms with Gasteiger partial charge in [-0.1, -0.05) is 69.4 Å². The minimum atomic E-state index is -0.268. The summed E-state index contributed by atoms with van der Waals surface area (Å²) in [7, 11) is 0. The van der Waals surface area contributed by atoms with Crippen molar-refractivity contribution in [3.8, 4) is 0 Å². The highest BCUT2D eigenvalue weighted by atomic mass is 16.5. The Bertz CT molecular complexity index is 951. The third-order valence-electron chi connectivity index (χ3n) is 6.68. The van der Waals surface area contributed by atoms with E-state index in [1.807, 2.05) is 24.3 Å². The van der Waals surface area contributed by atoms with E-state index >= 15 is 0 Å². The summed E-state index contributed by atoms with van der Waals surface area (Å²) >= 11 is 0. The number of carbonyl (C=O) groups excluding carboxylic acids is 1. The topological polar surface area (TPSA) is 67.9 Å². The third-order valence-corrected chi connectivity index (χ3v) is 6.68. The molecule has 5 heteroatoms. The molecule has 0 aliphatic carbocycles. The molecule has 0 unspecified atom stereocenters. The van der Waals surface area contributed by atoms with Crippen LogP contribution in [-0.2, 0) is 4.74 Å². The second kappa shape index (κ2) is 16.9. The van der Waals surface area contributed by atoms with Gasteiger partial charge < -0.3 is 15.4 Å². The lowest BCUT2D eigenvalue weighted by atomic mass is 9.93. The van der Waals surface area contributed by atoms with Crippen LogP contribution in [0.15, 0.2) is 47.5 Å². The lowest BCUT2D eigenvalue weighted by Gasteiger charge is -2.25. The molecule has 0 aliphatic heterocycles. The van der Waals surface area contributed by atoms with Crippen molar-refractivity contribution in [3.05, 3.63) is 64.7 Å². The van der Waals surface area contributed by atoms with Crippen LogP contribution in [0, 0.1) is 6.92 Å². The van der Waals surface area contributed by atoms with Crippen LogP contribution in [0.2, 0.25) is 0 Å². The smallest absolute Gasteiger partial charge is 0.338 e. The fourth-order valence-electron chi connectivity index (χ4n) is 4.54. The summed E-state index contributed by atoms with van der Waals surface area (Å²) in [6, 6.07) is 14.2. The van der Waals surface area contributed by atoms with Crippen LogP contribution in [0.3, 0.4) is 0 Å². The van der Waals surface area contributed by atoms with Gasteiger partial charge in [-0.25, -0.2) is 4.79 Å². The number of unbranched alkanes of at least 4 members (excludes halogenated alkanes) is 6. The number of aliphatic imine (C=N–C) groups is 1. The van der Waals surface area contributed by atoms with Gasteiger partial charge in [0.2, 0.25) is 0 Å². The molecule has 0 aromatic heterocycles. The second-order valence-electron chi connectivity index (χ2n) is 9.30. The first kappa shape index (κ1) is 29.6. The molecule has 0 heterocycles. The molecule has 2 aromatic rings. The van der Waals surface area contributed by atoms with Gasteiger partial charge in [0.05, 0.1) is 17.9 Å². The van der Waals surface area contributed by atoms with Gasteiger partial charge >= 0.3 is 5.97 Å². The van der Waals surface area contributed by atoms with E-state index in [1.165, 1.54) is 17.7 Å². The van der Waals surface area contributed by atoms with Crippen molar-refractivity contribution in [1.29, 1.82) is 0 Å². The number of hydrogen-bond acceptors (Lipinski definition) is 5. The van der Waals surface area contributed by atoms with E-state index in [0.29, 0.717) is 12.2 Å². The van der Waals surface area contributed by atoms with Crippen molar-refractivity contribution >= 4 is 17.4 Å². The minimum Gasteiger partial charge on any atom is -0.462 e. The number of hydrogen-bond donors (Lipinski definition) is 1. The largest absolute Gasteiger partial charge is 0.462 e. The first-order valence-electron chi connectivity index (χ1n) is 13.9.